The Morgan fingerprint density at radius 3 is 2.31 bits per heavy atom. The zero-order valence-corrected chi connectivity index (χ0v) is 23.4. The Kier molecular flexibility index (Phi) is 9.15. The fourth-order valence-electron chi connectivity index (χ4n) is 4.77. The Balaban J connectivity index is 1.69. The topological polar surface area (TPSA) is 103 Å². The van der Waals surface area contributed by atoms with Gasteiger partial charge >= 0.3 is 12.1 Å². The zero-order valence-electron chi connectivity index (χ0n) is 23.4. The van der Waals surface area contributed by atoms with Crippen molar-refractivity contribution in [1.82, 2.24) is 14.8 Å². The molecule has 3 aromatic rings. The second-order valence-electron chi connectivity index (χ2n) is 10.3. The first-order valence-corrected chi connectivity index (χ1v) is 13.2. The SMILES string of the molecule is Cc1ccc(C(=O)N(CC(=O)N2CCC(N(C)C)CC2)c2ccc(Oc3ncccc3C(F)(F)F)cc2C(=O)O)cc1. The van der Waals surface area contributed by atoms with Crippen LogP contribution in [0.2, 0.25) is 0 Å². The minimum absolute atomic E-state index is 0.103. The average Bonchev–Trinajstić information content (AvgIpc) is 2.95. The van der Waals surface area contributed by atoms with Crippen LogP contribution in [0.4, 0.5) is 18.9 Å². The molecule has 1 saturated heterocycles. The standard InChI is InChI=1S/C30H31F3N4O5/c1-19-6-8-20(9-7-19)28(39)37(18-26(38)36-15-12-21(13-16-36)35(2)3)25-11-10-22(17-23(25)29(40)41)42-27-24(30(31,32)33)5-4-14-34-27/h4-11,14,17,21H,12-13,15-16,18H2,1-3H3,(H,40,41). The number of piperidine rings is 1. The molecule has 0 spiro atoms. The molecule has 2 amide bonds. The van der Waals surface area contributed by atoms with Gasteiger partial charge in [-0.05, 0) is 76.3 Å². The maximum Gasteiger partial charge on any atom is 0.421 e. The molecule has 9 nitrogen and oxygen atoms in total. The van der Waals surface area contributed by atoms with E-state index in [1.165, 1.54) is 12.1 Å². The van der Waals surface area contributed by atoms with Crippen molar-refractivity contribution in [2.45, 2.75) is 32.0 Å². The van der Waals surface area contributed by atoms with Crippen molar-refractivity contribution in [3.05, 3.63) is 83.0 Å². The summed E-state index contributed by atoms with van der Waals surface area (Å²) >= 11 is 0. The van der Waals surface area contributed by atoms with Crippen LogP contribution in [0.5, 0.6) is 11.6 Å². The third kappa shape index (κ3) is 7.06. The number of rotatable bonds is 8. The predicted octanol–water partition coefficient (Wildman–Crippen LogP) is 5.10. The molecule has 0 atom stereocenters. The van der Waals surface area contributed by atoms with Crippen LogP contribution in [0.15, 0.2) is 60.8 Å². The summed E-state index contributed by atoms with van der Waals surface area (Å²) in [6, 6.07) is 12.3. The molecule has 12 heteroatoms. The number of likely N-dealkylation sites (tertiary alicyclic amines) is 1. The van der Waals surface area contributed by atoms with Crippen LogP contribution in [0.25, 0.3) is 0 Å². The fourth-order valence-corrected chi connectivity index (χ4v) is 4.77. The monoisotopic (exact) mass is 584 g/mol. The Morgan fingerprint density at radius 1 is 1.05 bits per heavy atom. The first-order chi connectivity index (χ1) is 19.8. The Hall–Kier alpha value is -4.45. The molecule has 0 aliphatic carbocycles. The third-order valence-corrected chi connectivity index (χ3v) is 7.16. The van der Waals surface area contributed by atoms with E-state index in [1.54, 1.807) is 29.2 Å². The van der Waals surface area contributed by atoms with Gasteiger partial charge < -0.3 is 19.6 Å². The van der Waals surface area contributed by atoms with Gasteiger partial charge in [-0.25, -0.2) is 9.78 Å². The lowest BCUT2D eigenvalue weighted by molar-refractivity contribution is -0.139. The Labute approximate surface area is 241 Å². The van der Waals surface area contributed by atoms with Gasteiger partial charge in [0.2, 0.25) is 11.8 Å². The number of hydrogen-bond acceptors (Lipinski definition) is 6. The highest BCUT2D eigenvalue weighted by molar-refractivity contribution is 6.11. The van der Waals surface area contributed by atoms with Crippen molar-refractivity contribution in [1.29, 1.82) is 0 Å². The number of nitrogens with zero attached hydrogens (tertiary/aromatic N) is 4. The second-order valence-corrected chi connectivity index (χ2v) is 10.3. The number of benzene rings is 2. The normalized spacial score (nSPS) is 14.1. The number of carbonyl (C=O) groups is 3. The molecular formula is C30H31F3N4O5. The average molecular weight is 585 g/mol. The highest BCUT2D eigenvalue weighted by atomic mass is 19.4. The summed E-state index contributed by atoms with van der Waals surface area (Å²) in [5.74, 6) is -3.41. The minimum atomic E-state index is -4.75. The summed E-state index contributed by atoms with van der Waals surface area (Å²) in [5.41, 5.74) is -0.533. The number of amides is 2. The summed E-state index contributed by atoms with van der Waals surface area (Å²) in [5, 5.41) is 10.1. The molecule has 1 aliphatic heterocycles. The number of alkyl halides is 3. The van der Waals surface area contributed by atoms with Gasteiger partial charge in [-0.2, -0.15) is 13.2 Å². The van der Waals surface area contributed by atoms with Gasteiger partial charge in [0, 0.05) is 30.9 Å². The van der Waals surface area contributed by atoms with Gasteiger partial charge in [-0.15, -0.1) is 0 Å². The van der Waals surface area contributed by atoms with Crippen molar-refractivity contribution >= 4 is 23.5 Å². The number of pyridine rings is 1. The van der Waals surface area contributed by atoms with Gasteiger partial charge in [-0.1, -0.05) is 17.7 Å². The van der Waals surface area contributed by atoms with E-state index < -0.39 is 41.6 Å². The Bertz CT molecular complexity index is 1450. The summed E-state index contributed by atoms with van der Waals surface area (Å²) in [7, 11) is 3.95. The lowest BCUT2D eigenvalue weighted by atomic mass is 10.0. The van der Waals surface area contributed by atoms with Crippen molar-refractivity contribution in [3.8, 4) is 11.6 Å². The molecule has 0 unspecified atom stereocenters. The quantitative estimate of drug-likeness (QED) is 0.393. The number of aromatic nitrogens is 1. The van der Waals surface area contributed by atoms with E-state index in [0.29, 0.717) is 19.1 Å². The minimum Gasteiger partial charge on any atom is -0.478 e. The number of carboxylic acid groups (broad SMARTS) is 1. The van der Waals surface area contributed by atoms with Crippen molar-refractivity contribution in [2.24, 2.45) is 0 Å². The summed E-state index contributed by atoms with van der Waals surface area (Å²) in [4.78, 5) is 47.9. The van der Waals surface area contributed by atoms with Crippen LogP contribution in [0, 0.1) is 6.92 Å². The number of ether oxygens (including phenoxy) is 1. The first kappa shape index (κ1) is 30.5. The zero-order chi connectivity index (χ0) is 30.6. The van der Waals surface area contributed by atoms with Gasteiger partial charge in [-0.3, -0.25) is 14.5 Å². The number of hydrogen-bond donors (Lipinski definition) is 1. The molecule has 0 bridgehead atoms. The molecule has 42 heavy (non-hydrogen) atoms. The van der Waals surface area contributed by atoms with Crippen LogP contribution in [0.3, 0.4) is 0 Å². The third-order valence-electron chi connectivity index (χ3n) is 7.16. The van der Waals surface area contributed by atoms with E-state index >= 15 is 0 Å². The highest BCUT2D eigenvalue weighted by Crippen LogP contribution is 2.37. The molecule has 2 aromatic carbocycles. The van der Waals surface area contributed by atoms with E-state index in [4.69, 9.17) is 4.74 Å². The first-order valence-electron chi connectivity index (χ1n) is 13.2. The van der Waals surface area contributed by atoms with E-state index in [0.717, 1.165) is 47.7 Å². The second kappa shape index (κ2) is 12.6. The van der Waals surface area contributed by atoms with Crippen LogP contribution in [0.1, 0.15) is 44.7 Å². The molecule has 4 rings (SSSR count). The predicted molar refractivity (Wildman–Crippen MR) is 149 cm³/mol. The maximum absolute atomic E-state index is 13.7. The van der Waals surface area contributed by atoms with E-state index in [9.17, 15) is 32.7 Å². The lowest BCUT2D eigenvalue weighted by Gasteiger charge is -2.36. The lowest BCUT2D eigenvalue weighted by Crippen LogP contribution is -2.49. The number of aryl methyl sites for hydroxylation is 1. The number of anilines is 1. The van der Waals surface area contributed by atoms with Crippen LogP contribution >= 0.6 is 0 Å². The highest BCUT2D eigenvalue weighted by Gasteiger charge is 2.35. The van der Waals surface area contributed by atoms with E-state index in [1.807, 2.05) is 21.0 Å². The van der Waals surface area contributed by atoms with Gasteiger partial charge in [0.15, 0.2) is 0 Å². The summed E-state index contributed by atoms with van der Waals surface area (Å²) < 4.78 is 45.7. The molecule has 1 aliphatic rings. The largest absolute Gasteiger partial charge is 0.478 e. The number of carboxylic acids is 1. The van der Waals surface area contributed by atoms with Crippen molar-refractivity contribution < 1.29 is 37.4 Å². The summed E-state index contributed by atoms with van der Waals surface area (Å²) in [6.07, 6.45) is -2.13. The molecule has 1 fully saturated rings. The molecular weight excluding hydrogens is 553 g/mol. The van der Waals surface area contributed by atoms with Crippen LogP contribution in [-0.4, -0.2) is 77.4 Å². The van der Waals surface area contributed by atoms with Crippen molar-refractivity contribution in [2.75, 3.05) is 38.6 Å². The smallest absolute Gasteiger partial charge is 0.421 e. The Morgan fingerprint density at radius 2 is 1.71 bits per heavy atom. The van der Waals surface area contributed by atoms with E-state index in [2.05, 4.69) is 9.88 Å². The van der Waals surface area contributed by atoms with Gasteiger partial charge in [0.05, 0.1) is 11.3 Å². The van der Waals surface area contributed by atoms with E-state index in [-0.39, 0.29) is 22.9 Å². The van der Waals surface area contributed by atoms with Gasteiger partial charge in [0.1, 0.15) is 17.9 Å². The molecule has 1 aromatic heterocycles. The fraction of sp³-hybridized carbons (Fsp3) is 0.333. The van der Waals surface area contributed by atoms with Crippen molar-refractivity contribution in [3.63, 3.8) is 0 Å². The van der Waals surface area contributed by atoms with Gasteiger partial charge in [0.25, 0.3) is 5.91 Å². The molecule has 222 valence electrons. The number of halogens is 3. The number of carbonyl (C=O) groups excluding carboxylic acids is 2. The maximum atomic E-state index is 13.7. The van der Waals surface area contributed by atoms with Crippen LogP contribution in [-0.2, 0) is 11.0 Å². The number of aromatic carboxylic acids is 1. The molecule has 1 N–H and O–H groups in total. The molecule has 0 saturated carbocycles. The summed E-state index contributed by atoms with van der Waals surface area (Å²) in [6.45, 7) is 2.38. The molecule has 2 heterocycles. The molecule has 0 radical (unpaired) electrons. The van der Waals surface area contributed by atoms with Crippen LogP contribution < -0.4 is 9.64 Å².